The molecule has 1 aliphatic rings. The molecule has 3 nitrogen and oxygen atoms in total. The SMILES string of the molecule is O=C(NCc1csc(-c2ccccc2)n1)C1CC1c1ccccc1. The third-order valence-corrected chi connectivity index (χ3v) is 5.31. The van der Waals surface area contributed by atoms with E-state index in [4.69, 9.17) is 0 Å². The topological polar surface area (TPSA) is 42.0 Å². The number of hydrogen-bond acceptors (Lipinski definition) is 3. The molecule has 1 fully saturated rings. The Bertz CT molecular complexity index is 829. The lowest BCUT2D eigenvalue weighted by molar-refractivity contribution is -0.122. The average Bonchev–Trinajstić information content (AvgIpc) is 3.31. The molecule has 2 aromatic carbocycles. The number of amides is 1. The molecule has 0 saturated heterocycles. The summed E-state index contributed by atoms with van der Waals surface area (Å²) in [5.41, 5.74) is 3.30. The highest BCUT2D eigenvalue weighted by molar-refractivity contribution is 7.13. The molecule has 0 aliphatic heterocycles. The van der Waals surface area contributed by atoms with Crippen molar-refractivity contribution in [2.75, 3.05) is 0 Å². The van der Waals surface area contributed by atoms with Gasteiger partial charge in [-0.3, -0.25) is 4.79 Å². The number of carbonyl (C=O) groups is 1. The zero-order valence-corrected chi connectivity index (χ0v) is 14.0. The second-order valence-electron chi connectivity index (χ2n) is 6.09. The van der Waals surface area contributed by atoms with E-state index in [2.05, 4.69) is 34.6 Å². The summed E-state index contributed by atoms with van der Waals surface area (Å²) in [6.45, 7) is 0.500. The maximum absolute atomic E-state index is 12.3. The van der Waals surface area contributed by atoms with E-state index in [1.54, 1.807) is 11.3 Å². The van der Waals surface area contributed by atoms with E-state index >= 15 is 0 Å². The van der Waals surface area contributed by atoms with Crippen molar-refractivity contribution in [2.45, 2.75) is 18.9 Å². The first kappa shape index (κ1) is 15.1. The van der Waals surface area contributed by atoms with Gasteiger partial charge in [0, 0.05) is 16.9 Å². The fraction of sp³-hybridized carbons (Fsp3) is 0.200. The van der Waals surface area contributed by atoms with Gasteiger partial charge in [0.15, 0.2) is 0 Å². The van der Waals surface area contributed by atoms with Crippen molar-refractivity contribution in [1.29, 1.82) is 0 Å². The molecule has 0 bridgehead atoms. The maximum Gasteiger partial charge on any atom is 0.224 e. The number of thiazole rings is 1. The van der Waals surface area contributed by atoms with Crippen LogP contribution in [0.1, 0.15) is 23.6 Å². The van der Waals surface area contributed by atoms with Crippen LogP contribution in [0.15, 0.2) is 66.0 Å². The van der Waals surface area contributed by atoms with Crippen LogP contribution in [0.4, 0.5) is 0 Å². The lowest BCUT2D eigenvalue weighted by atomic mass is 10.1. The number of benzene rings is 2. The van der Waals surface area contributed by atoms with Crippen molar-refractivity contribution in [3.63, 3.8) is 0 Å². The van der Waals surface area contributed by atoms with E-state index in [0.29, 0.717) is 12.5 Å². The van der Waals surface area contributed by atoms with Crippen molar-refractivity contribution >= 4 is 17.2 Å². The Hall–Kier alpha value is -2.46. The summed E-state index contributed by atoms with van der Waals surface area (Å²) < 4.78 is 0. The van der Waals surface area contributed by atoms with Crippen LogP contribution in [0.5, 0.6) is 0 Å². The van der Waals surface area contributed by atoms with Crippen LogP contribution >= 0.6 is 11.3 Å². The van der Waals surface area contributed by atoms with Crippen LogP contribution < -0.4 is 5.32 Å². The Kier molecular flexibility index (Phi) is 4.13. The molecule has 2 atom stereocenters. The molecule has 4 heteroatoms. The van der Waals surface area contributed by atoms with E-state index in [1.807, 2.05) is 41.8 Å². The van der Waals surface area contributed by atoms with E-state index in [9.17, 15) is 4.79 Å². The van der Waals surface area contributed by atoms with Crippen molar-refractivity contribution < 1.29 is 4.79 Å². The lowest BCUT2D eigenvalue weighted by Gasteiger charge is -2.03. The molecule has 1 N–H and O–H groups in total. The molecule has 1 aliphatic carbocycles. The summed E-state index contributed by atoms with van der Waals surface area (Å²) in [5, 5.41) is 6.04. The quantitative estimate of drug-likeness (QED) is 0.759. The second kappa shape index (κ2) is 6.57. The van der Waals surface area contributed by atoms with Crippen molar-refractivity contribution in [3.8, 4) is 10.6 Å². The van der Waals surface area contributed by atoms with Gasteiger partial charge in [0.25, 0.3) is 0 Å². The summed E-state index contributed by atoms with van der Waals surface area (Å²) in [4.78, 5) is 16.9. The Morgan fingerprint density at radius 1 is 1.08 bits per heavy atom. The van der Waals surface area contributed by atoms with Crippen LogP contribution in [0.25, 0.3) is 10.6 Å². The van der Waals surface area contributed by atoms with Gasteiger partial charge in [-0.15, -0.1) is 11.3 Å². The van der Waals surface area contributed by atoms with Crippen molar-refractivity contribution in [2.24, 2.45) is 5.92 Å². The van der Waals surface area contributed by atoms with Gasteiger partial charge in [-0.05, 0) is 17.9 Å². The van der Waals surface area contributed by atoms with E-state index < -0.39 is 0 Å². The third-order valence-electron chi connectivity index (χ3n) is 4.37. The first-order valence-electron chi connectivity index (χ1n) is 8.14. The average molecular weight is 334 g/mol. The summed E-state index contributed by atoms with van der Waals surface area (Å²) in [6, 6.07) is 20.4. The minimum Gasteiger partial charge on any atom is -0.350 e. The Morgan fingerprint density at radius 3 is 2.54 bits per heavy atom. The van der Waals surface area contributed by atoms with Gasteiger partial charge in [0.2, 0.25) is 5.91 Å². The fourth-order valence-corrected chi connectivity index (χ4v) is 3.79. The highest BCUT2D eigenvalue weighted by Crippen LogP contribution is 2.47. The van der Waals surface area contributed by atoms with Gasteiger partial charge in [0.1, 0.15) is 5.01 Å². The van der Waals surface area contributed by atoms with Crippen LogP contribution in [0.2, 0.25) is 0 Å². The smallest absolute Gasteiger partial charge is 0.224 e. The molecular weight excluding hydrogens is 316 g/mol. The van der Waals surface area contributed by atoms with Gasteiger partial charge in [-0.25, -0.2) is 4.98 Å². The molecule has 4 rings (SSSR count). The Morgan fingerprint density at radius 2 is 1.79 bits per heavy atom. The molecule has 3 aromatic rings. The minimum atomic E-state index is 0.111. The van der Waals surface area contributed by atoms with E-state index in [0.717, 1.165) is 22.7 Å². The van der Waals surface area contributed by atoms with E-state index in [-0.39, 0.29) is 11.8 Å². The van der Waals surface area contributed by atoms with Gasteiger partial charge in [-0.1, -0.05) is 60.7 Å². The number of nitrogens with one attached hydrogen (secondary N) is 1. The number of carbonyl (C=O) groups excluding carboxylic acids is 1. The van der Waals surface area contributed by atoms with Crippen LogP contribution in [0.3, 0.4) is 0 Å². The Balaban J connectivity index is 1.33. The summed E-state index contributed by atoms with van der Waals surface area (Å²) in [7, 11) is 0. The molecule has 1 saturated carbocycles. The van der Waals surface area contributed by atoms with Gasteiger partial charge in [-0.2, -0.15) is 0 Å². The van der Waals surface area contributed by atoms with Crippen LogP contribution in [-0.2, 0) is 11.3 Å². The molecule has 1 amide bonds. The fourth-order valence-electron chi connectivity index (χ4n) is 2.96. The van der Waals surface area contributed by atoms with Gasteiger partial charge in [0.05, 0.1) is 12.2 Å². The zero-order chi connectivity index (χ0) is 16.4. The summed E-state index contributed by atoms with van der Waals surface area (Å²) >= 11 is 1.61. The largest absolute Gasteiger partial charge is 0.350 e. The van der Waals surface area contributed by atoms with Crippen LogP contribution in [-0.4, -0.2) is 10.9 Å². The molecule has 0 radical (unpaired) electrons. The third kappa shape index (κ3) is 3.24. The minimum absolute atomic E-state index is 0.111. The van der Waals surface area contributed by atoms with Gasteiger partial charge >= 0.3 is 0 Å². The Labute approximate surface area is 145 Å². The molecule has 0 spiro atoms. The zero-order valence-electron chi connectivity index (χ0n) is 13.2. The molecule has 1 aromatic heterocycles. The first-order valence-corrected chi connectivity index (χ1v) is 9.02. The number of nitrogens with zero attached hydrogens (tertiary/aromatic N) is 1. The standard InChI is InChI=1S/C20H18N2OS/c23-19(18-11-17(18)14-7-3-1-4-8-14)21-12-16-13-24-20(22-16)15-9-5-2-6-10-15/h1-10,13,17-18H,11-12H2,(H,21,23). The monoisotopic (exact) mass is 334 g/mol. The first-order chi connectivity index (χ1) is 11.8. The second-order valence-corrected chi connectivity index (χ2v) is 6.95. The summed E-state index contributed by atoms with van der Waals surface area (Å²) in [5.74, 6) is 0.624. The molecular formula is C20H18N2OS. The van der Waals surface area contributed by atoms with Gasteiger partial charge < -0.3 is 5.32 Å². The predicted octanol–water partition coefficient (Wildman–Crippen LogP) is 4.23. The predicted molar refractivity (Wildman–Crippen MR) is 96.7 cm³/mol. The molecule has 1 heterocycles. The normalized spacial score (nSPS) is 19.0. The highest BCUT2D eigenvalue weighted by Gasteiger charge is 2.43. The molecule has 2 unspecified atom stereocenters. The number of rotatable bonds is 5. The van der Waals surface area contributed by atoms with Crippen molar-refractivity contribution in [3.05, 3.63) is 77.3 Å². The highest BCUT2D eigenvalue weighted by atomic mass is 32.1. The van der Waals surface area contributed by atoms with Crippen molar-refractivity contribution in [1.82, 2.24) is 10.3 Å². The molecule has 120 valence electrons. The summed E-state index contributed by atoms with van der Waals surface area (Å²) in [6.07, 6.45) is 0.947. The lowest BCUT2D eigenvalue weighted by Crippen LogP contribution is -2.25. The number of aromatic nitrogens is 1. The van der Waals surface area contributed by atoms with Crippen LogP contribution in [0, 0.1) is 5.92 Å². The molecule has 24 heavy (non-hydrogen) atoms. The van der Waals surface area contributed by atoms with E-state index in [1.165, 1.54) is 5.56 Å². The maximum atomic E-state index is 12.3. The number of hydrogen-bond donors (Lipinski definition) is 1.